The number of Topliss-reactive ketones (excluding diaryl/α,β-unsaturated/α-hetero) is 1. The molecular weight excluding hydrogens is 412 g/mol. The Labute approximate surface area is 170 Å². The molecule has 0 saturated carbocycles. The average Bonchev–Trinajstić information content (AvgIpc) is 3.31. The van der Waals surface area contributed by atoms with Gasteiger partial charge in [-0.2, -0.15) is 0 Å². The van der Waals surface area contributed by atoms with Gasteiger partial charge in [0.05, 0.1) is 33.2 Å². The van der Waals surface area contributed by atoms with Gasteiger partial charge in [0.2, 0.25) is 0 Å². The summed E-state index contributed by atoms with van der Waals surface area (Å²) in [5.41, 5.74) is -0.947. The molecule has 1 unspecified atom stereocenters. The molecule has 142 valence electrons. The van der Waals surface area contributed by atoms with Crippen LogP contribution < -0.4 is 22.3 Å². The summed E-state index contributed by atoms with van der Waals surface area (Å²) in [5, 5.41) is 16.4. The minimum atomic E-state index is -1.57. The van der Waals surface area contributed by atoms with Crippen LogP contribution >= 0.6 is 11.3 Å². The second-order valence-corrected chi connectivity index (χ2v) is 8.10. The number of likely N-dealkylation sites (N-methyl/N-ethyl adjacent to an activating group) is 1. The van der Waals surface area contributed by atoms with E-state index in [0.29, 0.717) is 10.4 Å². The van der Waals surface area contributed by atoms with Crippen molar-refractivity contribution in [3.05, 3.63) is 58.3 Å². The number of rotatable bonds is 8. The summed E-state index contributed by atoms with van der Waals surface area (Å²) >= 11 is 1.41. The summed E-state index contributed by atoms with van der Waals surface area (Å²) in [7, 11) is 2.28. The molecule has 0 radical (unpaired) electrons. The lowest BCUT2D eigenvalue weighted by Gasteiger charge is -2.30. The zero-order chi connectivity index (χ0) is 17.8. The number of likely N-dealkylation sites (tertiary alicyclic amines) is 1. The highest BCUT2D eigenvalue weighted by atomic mass is 79.9. The van der Waals surface area contributed by atoms with Gasteiger partial charge in [-0.3, -0.25) is 4.79 Å². The number of quaternary nitrogens is 1. The molecule has 1 aliphatic heterocycles. The first-order valence-electron chi connectivity index (χ1n) is 8.94. The van der Waals surface area contributed by atoms with E-state index in [1.165, 1.54) is 37.3 Å². The van der Waals surface area contributed by atoms with E-state index in [0.717, 1.165) is 17.6 Å². The molecule has 0 aliphatic carbocycles. The monoisotopic (exact) mass is 438 g/mol. The topological polar surface area (TPSA) is 49.3 Å². The lowest BCUT2D eigenvalue weighted by atomic mass is 9.87. The summed E-state index contributed by atoms with van der Waals surface area (Å²) in [4.78, 5) is 13.6. The quantitative estimate of drug-likeness (QED) is 0.426. The molecule has 1 atom stereocenters. The summed E-state index contributed by atoms with van der Waals surface area (Å²) in [6, 6.07) is 12.9. The lowest BCUT2D eigenvalue weighted by Crippen LogP contribution is -3.00. The Balaban J connectivity index is 0.00000243. The van der Waals surface area contributed by atoms with Crippen LogP contribution in [-0.4, -0.2) is 55.1 Å². The molecule has 1 aromatic heterocycles. The van der Waals surface area contributed by atoms with Crippen molar-refractivity contribution < 1.29 is 31.4 Å². The Kier molecular flexibility index (Phi) is 7.55. The molecule has 0 amide bonds. The maximum Gasteiger partial charge on any atom is 0.188 e. The fourth-order valence-electron chi connectivity index (χ4n) is 3.61. The maximum absolute atomic E-state index is 12.9. The third-order valence-corrected chi connectivity index (χ3v) is 6.21. The summed E-state index contributed by atoms with van der Waals surface area (Å²) in [6.45, 7) is 4.43. The Morgan fingerprint density at radius 3 is 2.50 bits per heavy atom. The van der Waals surface area contributed by atoms with Crippen LogP contribution in [0.15, 0.2) is 47.8 Å². The van der Waals surface area contributed by atoms with Crippen molar-refractivity contribution in [2.75, 3.05) is 39.8 Å². The van der Waals surface area contributed by atoms with Crippen LogP contribution in [0.1, 0.15) is 23.3 Å². The third-order valence-electron chi connectivity index (χ3n) is 5.23. The van der Waals surface area contributed by atoms with Gasteiger partial charge in [-0.15, -0.1) is 11.3 Å². The van der Waals surface area contributed by atoms with E-state index < -0.39 is 5.60 Å². The molecule has 0 bridgehead atoms. The number of benzene rings is 1. The number of thiophene rings is 1. The van der Waals surface area contributed by atoms with Crippen LogP contribution in [0.3, 0.4) is 0 Å². The summed E-state index contributed by atoms with van der Waals surface area (Å²) < 4.78 is 1.08. The van der Waals surface area contributed by atoms with Gasteiger partial charge < -0.3 is 31.9 Å². The second-order valence-electron chi connectivity index (χ2n) is 7.15. The Bertz CT molecular complexity index is 687. The molecule has 1 fully saturated rings. The molecule has 1 aliphatic rings. The average molecular weight is 439 g/mol. The first-order valence-corrected chi connectivity index (χ1v) is 9.82. The molecule has 4 nitrogen and oxygen atoms in total. The minimum Gasteiger partial charge on any atom is -1.00 e. The van der Waals surface area contributed by atoms with Crippen LogP contribution in [-0.2, 0) is 10.4 Å². The van der Waals surface area contributed by atoms with Gasteiger partial charge in [0.15, 0.2) is 11.4 Å². The number of hydrogen-bond acceptors (Lipinski definition) is 4. The van der Waals surface area contributed by atoms with Crippen LogP contribution in [0.5, 0.6) is 0 Å². The van der Waals surface area contributed by atoms with Crippen molar-refractivity contribution in [3.8, 4) is 0 Å². The molecule has 2 aromatic rings. The van der Waals surface area contributed by atoms with Crippen molar-refractivity contribution in [2.24, 2.45) is 0 Å². The molecule has 6 heteroatoms. The molecule has 26 heavy (non-hydrogen) atoms. The van der Waals surface area contributed by atoms with E-state index in [9.17, 15) is 9.90 Å². The highest BCUT2D eigenvalue weighted by Crippen LogP contribution is 2.33. The van der Waals surface area contributed by atoms with E-state index in [4.69, 9.17) is 0 Å². The van der Waals surface area contributed by atoms with Crippen molar-refractivity contribution in [3.63, 3.8) is 0 Å². The first-order chi connectivity index (χ1) is 12.0. The highest BCUT2D eigenvalue weighted by Gasteiger charge is 2.40. The van der Waals surface area contributed by atoms with E-state index in [2.05, 4.69) is 12.4 Å². The molecule has 0 spiro atoms. The van der Waals surface area contributed by atoms with E-state index in [1.54, 1.807) is 0 Å². The van der Waals surface area contributed by atoms with E-state index >= 15 is 0 Å². The van der Waals surface area contributed by atoms with Crippen LogP contribution in [0.2, 0.25) is 0 Å². The minimum absolute atomic E-state index is 0. The van der Waals surface area contributed by atoms with Gasteiger partial charge in [0, 0.05) is 24.3 Å². The predicted octanol–water partition coefficient (Wildman–Crippen LogP) is -0.613. The fourth-order valence-corrected chi connectivity index (χ4v) is 4.47. The Morgan fingerprint density at radius 2 is 1.88 bits per heavy atom. The lowest BCUT2D eigenvalue weighted by molar-refractivity contribution is -0.896. The summed E-state index contributed by atoms with van der Waals surface area (Å²) in [5.74, 6) is -0.203. The number of halogens is 1. The highest BCUT2D eigenvalue weighted by molar-refractivity contribution is 7.10. The number of ketones is 1. The number of nitrogens with one attached hydrogen (secondary N) is 1. The molecule has 3 rings (SSSR count). The van der Waals surface area contributed by atoms with Crippen molar-refractivity contribution >= 4 is 17.1 Å². The van der Waals surface area contributed by atoms with Crippen LogP contribution in [0, 0.1) is 0 Å². The molecule has 2 N–H and O–H groups in total. The Hall–Kier alpha value is -1.05. The van der Waals surface area contributed by atoms with E-state index in [-0.39, 0.29) is 29.3 Å². The number of hydrogen-bond donors (Lipinski definition) is 2. The SMILES string of the molecule is C[N+]1(CCNCC(=O)C(O)(c2ccccc2)c2cccs2)CCCC1.[Br-]. The van der Waals surface area contributed by atoms with Gasteiger partial charge >= 0.3 is 0 Å². The molecular formula is C20H27BrN2O2S. The zero-order valence-corrected chi connectivity index (χ0v) is 17.6. The zero-order valence-electron chi connectivity index (χ0n) is 15.2. The molecule has 2 heterocycles. The van der Waals surface area contributed by atoms with Crippen molar-refractivity contribution in [1.82, 2.24) is 5.32 Å². The molecule has 1 aromatic carbocycles. The van der Waals surface area contributed by atoms with Crippen LogP contribution in [0.25, 0.3) is 0 Å². The normalized spacial score (nSPS) is 18.1. The van der Waals surface area contributed by atoms with E-state index in [1.807, 2.05) is 47.8 Å². The number of nitrogens with zero attached hydrogens (tertiary/aromatic N) is 1. The largest absolute Gasteiger partial charge is 1.00 e. The van der Waals surface area contributed by atoms with Crippen molar-refractivity contribution in [2.45, 2.75) is 18.4 Å². The van der Waals surface area contributed by atoms with Gasteiger partial charge in [0.1, 0.15) is 0 Å². The smallest absolute Gasteiger partial charge is 0.188 e. The number of carbonyl (C=O) groups is 1. The third kappa shape index (κ3) is 4.61. The predicted molar refractivity (Wildman–Crippen MR) is 102 cm³/mol. The van der Waals surface area contributed by atoms with Crippen molar-refractivity contribution in [1.29, 1.82) is 0 Å². The fraction of sp³-hybridized carbons (Fsp3) is 0.450. The summed E-state index contributed by atoms with van der Waals surface area (Å²) in [6.07, 6.45) is 2.59. The maximum atomic E-state index is 12.9. The standard InChI is InChI=1S/C20H27N2O2S.BrH/c1-22(12-5-6-13-22)14-11-21-16-18(23)20(24,19-10-7-15-25-19)17-8-3-2-4-9-17;/h2-4,7-10,15,21,24H,5-6,11-14,16H2,1H3;1H/q+1;/p-1. The van der Waals surface area contributed by atoms with Gasteiger partial charge in [-0.1, -0.05) is 36.4 Å². The van der Waals surface area contributed by atoms with Crippen LogP contribution in [0.4, 0.5) is 0 Å². The number of carbonyl (C=O) groups excluding carboxylic acids is 1. The van der Waals surface area contributed by atoms with Gasteiger partial charge in [-0.05, 0) is 17.0 Å². The number of aliphatic hydroxyl groups is 1. The second kappa shape index (κ2) is 9.24. The Morgan fingerprint density at radius 1 is 1.19 bits per heavy atom. The first kappa shape index (κ1) is 21.3. The molecule has 1 saturated heterocycles. The van der Waals surface area contributed by atoms with Gasteiger partial charge in [-0.25, -0.2) is 0 Å². The van der Waals surface area contributed by atoms with Gasteiger partial charge in [0.25, 0.3) is 0 Å².